The molecule has 0 bridgehead atoms. The van der Waals surface area contributed by atoms with E-state index in [1.807, 2.05) is 78.9 Å². The average Bonchev–Trinajstić information content (AvgIpc) is 3.19. The maximum atomic E-state index is 13.1. The minimum atomic E-state index is -0.305. The van der Waals surface area contributed by atoms with Gasteiger partial charge in [0.1, 0.15) is 19.0 Å². The van der Waals surface area contributed by atoms with Crippen LogP contribution in [0.3, 0.4) is 0 Å². The molecule has 1 aliphatic heterocycles. The maximum absolute atomic E-state index is 13.1. The van der Waals surface area contributed by atoms with Gasteiger partial charge in [0.2, 0.25) is 0 Å². The van der Waals surface area contributed by atoms with Crippen LogP contribution in [-0.2, 0) is 11.3 Å². The number of amides is 2. The molecule has 4 aromatic carbocycles. The summed E-state index contributed by atoms with van der Waals surface area (Å²) >= 11 is 0.944. The predicted octanol–water partition coefficient (Wildman–Crippen LogP) is 6.54. The molecule has 0 radical (unpaired) electrons. The van der Waals surface area contributed by atoms with Gasteiger partial charge in [-0.3, -0.25) is 14.5 Å². The fourth-order valence-electron chi connectivity index (χ4n) is 4.11. The van der Waals surface area contributed by atoms with Crippen molar-refractivity contribution in [3.8, 4) is 17.2 Å². The summed E-state index contributed by atoms with van der Waals surface area (Å²) in [6.07, 6.45) is 1.71. The molecule has 1 fully saturated rings. The smallest absolute Gasteiger partial charge is 0.293 e. The van der Waals surface area contributed by atoms with Gasteiger partial charge in [-0.25, -0.2) is 0 Å². The molecule has 1 saturated heterocycles. The summed E-state index contributed by atoms with van der Waals surface area (Å²) in [6.45, 7) is 0.959. The number of hydrogen-bond donors (Lipinski definition) is 0. The van der Waals surface area contributed by atoms with E-state index in [9.17, 15) is 9.59 Å². The van der Waals surface area contributed by atoms with Crippen molar-refractivity contribution in [2.75, 3.05) is 20.3 Å². The van der Waals surface area contributed by atoms with Gasteiger partial charge in [0.05, 0.1) is 18.6 Å². The number of fused-ring (bicyclic) bond motifs is 1. The fraction of sp³-hybridized carbons (Fsp3) is 0.133. The molecule has 6 nitrogen and oxygen atoms in total. The number of rotatable bonds is 9. The Morgan fingerprint density at radius 1 is 0.811 bits per heavy atom. The van der Waals surface area contributed by atoms with Gasteiger partial charge in [0, 0.05) is 0 Å². The van der Waals surface area contributed by atoms with E-state index in [-0.39, 0.29) is 17.7 Å². The average molecular weight is 512 g/mol. The Hall–Kier alpha value is -4.23. The lowest BCUT2D eigenvalue weighted by Crippen LogP contribution is -2.27. The van der Waals surface area contributed by atoms with Crippen LogP contribution in [0.4, 0.5) is 4.79 Å². The molecule has 5 rings (SSSR count). The zero-order valence-corrected chi connectivity index (χ0v) is 21.1. The summed E-state index contributed by atoms with van der Waals surface area (Å²) in [4.78, 5) is 27.5. The Morgan fingerprint density at radius 3 is 2.41 bits per heavy atom. The molecule has 0 aromatic heterocycles. The number of thioether (sulfide) groups is 1. The Labute approximate surface area is 219 Å². The third-order valence-electron chi connectivity index (χ3n) is 5.92. The van der Waals surface area contributed by atoms with Gasteiger partial charge in [-0.05, 0) is 64.0 Å². The molecule has 0 aliphatic carbocycles. The Balaban J connectivity index is 1.26. The van der Waals surface area contributed by atoms with E-state index >= 15 is 0 Å². The van der Waals surface area contributed by atoms with Crippen molar-refractivity contribution >= 4 is 39.8 Å². The second kappa shape index (κ2) is 11.2. The minimum Gasteiger partial charge on any atom is -0.493 e. The van der Waals surface area contributed by atoms with E-state index in [2.05, 4.69) is 0 Å². The van der Waals surface area contributed by atoms with E-state index in [1.165, 1.54) is 4.90 Å². The monoisotopic (exact) mass is 511 g/mol. The normalized spacial score (nSPS) is 14.4. The van der Waals surface area contributed by atoms with Gasteiger partial charge in [-0.15, -0.1) is 0 Å². The van der Waals surface area contributed by atoms with Crippen LogP contribution in [0.15, 0.2) is 95.9 Å². The van der Waals surface area contributed by atoms with E-state index in [0.717, 1.165) is 39.4 Å². The summed E-state index contributed by atoms with van der Waals surface area (Å²) in [5, 5.41) is 1.82. The largest absolute Gasteiger partial charge is 0.493 e. The molecule has 0 unspecified atom stereocenters. The van der Waals surface area contributed by atoms with Crippen molar-refractivity contribution in [1.29, 1.82) is 0 Å². The third-order valence-corrected chi connectivity index (χ3v) is 6.83. The van der Waals surface area contributed by atoms with E-state index in [1.54, 1.807) is 25.3 Å². The number of hydrogen-bond acceptors (Lipinski definition) is 6. The first-order chi connectivity index (χ1) is 18.1. The molecule has 1 heterocycles. The summed E-state index contributed by atoms with van der Waals surface area (Å²) < 4.78 is 17.0. The van der Waals surface area contributed by atoms with Gasteiger partial charge in [-0.1, -0.05) is 66.7 Å². The molecule has 4 aromatic rings. The Kier molecular flexibility index (Phi) is 7.42. The van der Waals surface area contributed by atoms with Crippen LogP contribution < -0.4 is 14.2 Å². The number of nitrogens with zero attached hydrogens (tertiary/aromatic N) is 1. The van der Waals surface area contributed by atoms with Crippen molar-refractivity contribution < 1.29 is 23.8 Å². The Morgan fingerprint density at radius 2 is 1.57 bits per heavy atom. The fourth-order valence-corrected chi connectivity index (χ4v) is 4.95. The molecule has 37 heavy (non-hydrogen) atoms. The quantitative estimate of drug-likeness (QED) is 0.188. The standard InChI is InChI=1S/C30H25NO5S/c1-34-27-18-21(14-15-26(27)36-17-16-35-24-11-3-2-4-12-24)19-28-29(32)31(30(33)37-28)20-23-10-7-9-22-8-5-6-13-25(22)23/h2-15,18-19H,16-17,20H2,1H3/b28-19-. The van der Waals surface area contributed by atoms with Crippen LogP contribution in [-0.4, -0.2) is 36.4 Å². The lowest BCUT2D eigenvalue weighted by Gasteiger charge is -2.14. The van der Waals surface area contributed by atoms with Crippen LogP contribution >= 0.6 is 11.8 Å². The summed E-state index contributed by atoms with van der Waals surface area (Å²) in [7, 11) is 1.56. The third kappa shape index (κ3) is 5.62. The first-order valence-corrected chi connectivity index (χ1v) is 12.6. The molecule has 1 aliphatic rings. The molecule has 0 N–H and O–H groups in total. The molecule has 186 valence electrons. The van der Waals surface area contributed by atoms with Crippen molar-refractivity contribution in [2.24, 2.45) is 0 Å². The Bertz CT molecular complexity index is 1460. The molecule has 7 heteroatoms. The SMILES string of the molecule is COc1cc(/C=C2\SC(=O)N(Cc3cccc4ccccc34)C2=O)ccc1OCCOc1ccccc1. The van der Waals surface area contributed by atoms with Crippen LogP contribution in [0.25, 0.3) is 16.8 Å². The van der Waals surface area contributed by atoms with Gasteiger partial charge >= 0.3 is 0 Å². The topological polar surface area (TPSA) is 65.1 Å². The first kappa shape index (κ1) is 24.5. The first-order valence-electron chi connectivity index (χ1n) is 11.8. The molecular formula is C30H25NO5S. The predicted molar refractivity (Wildman–Crippen MR) is 146 cm³/mol. The number of methoxy groups -OCH3 is 1. The summed E-state index contributed by atoms with van der Waals surface area (Å²) in [5.41, 5.74) is 1.67. The van der Waals surface area contributed by atoms with Crippen LogP contribution in [0.2, 0.25) is 0 Å². The number of benzene rings is 4. The highest BCUT2D eigenvalue weighted by atomic mass is 32.2. The molecule has 2 amide bonds. The van der Waals surface area contributed by atoms with Crippen LogP contribution in [0.5, 0.6) is 17.2 Å². The maximum Gasteiger partial charge on any atom is 0.293 e. The van der Waals surface area contributed by atoms with Crippen molar-refractivity contribution in [1.82, 2.24) is 4.90 Å². The number of imide groups is 1. The highest BCUT2D eigenvalue weighted by Gasteiger charge is 2.35. The highest BCUT2D eigenvalue weighted by Crippen LogP contribution is 2.36. The highest BCUT2D eigenvalue weighted by molar-refractivity contribution is 8.18. The number of ether oxygens (including phenoxy) is 3. The number of carbonyl (C=O) groups is 2. The second-order valence-corrected chi connectivity index (χ2v) is 9.32. The van der Waals surface area contributed by atoms with Crippen LogP contribution in [0.1, 0.15) is 11.1 Å². The summed E-state index contributed by atoms with van der Waals surface area (Å²) in [6, 6.07) is 28.8. The van der Waals surface area contributed by atoms with Crippen molar-refractivity contribution in [2.45, 2.75) is 6.54 Å². The van der Waals surface area contributed by atoms with E-state index in [0.29, 0.717) is 29.6 Å². The zero-order chi connectivity index (χ0) is 25.6. The van der Waals surface area contributed by atoms with Crippen LogP contribution in [0, 0.1) is 0 Å². The molecular weight excluding hydrogens is 486 g/mol. The molecule has 0 spiro atoms. The summed E-state index contributed by atoms with van der Waals surface area (Å²) in [5.74, 6) is 1.58. The lowest BCUT2D eigenvalue weighted by molar-refractivity contribution is -0.123. The van der Waals surface area contributed by atoms with E-state index in [4.69, 9.17) is 14.2 Å². The zero-order valence-electron chi connectivity index (χ0n) is 20.3. The van der Waals surface area contributed by atoms with Crippen molar-refractivity contribution in [3.05, 3.63) is 107 Å². The van der Waals surface area contributed by atoms with E-state index < -0.39 is 0 Å². The van der Waals surface area contributed by atoms with Gasteiger partial charge in [-0.2, -0.15) is 0 Å². The van der Waals surface area contributed by atoms with Gasteiger partial charge in [0.25, 0.3) is 11.1 Å². The molecule has 0 saturated carbocycles. The van der Waals surface area contributed by atoms with Crippen molar-refractivity contribution in [3.63, 3.8) is 0 Å². The number of para-hydroxylation sites is 1. The number of carbonyl (C=O) groups excluding carboxylic acids is 2. The lowest BCUT2D eigenvalue weighted by atomic mass is 10.0. The molecule has 0 atom stereocenters. The second-order valence-electron chi connectivity index (χ2n) is 8.33. The minimum absolute atomic E-state index is 0.227. The van der Waals surface area contributed by atoms with Gasteiger partial charge < -0.3 is 14.2 Å². The van der Waals surface area contributed by atoms with Gasteiger partial charge in [0.15, 0.2) is 11.5 Å².